The van der Waals surface area contributed by atoms with Crippen LogP contribution < -0.4 is 4.74 Å². The smallest absolute Gasteiger partial charge is 0.374 e. The third-order valence-electron chi connectivity index (χ3n) is 3.78. The molecule has 1 fully saturated rings. The summed E-state index contributed by atoms with van der Waals surface area (Å²) in [5.41, 5.74) is 0.603. The second-order valence-electron chi connectivity index (χ2n) is 5.37. The first-order valence-electron chi connectivity index (χ1n) is 7.34. The highest BCUT2D eigenvalue weighted by Crippen LogP contribution is 2.29. The third kappa shape index (κ3) is 4.51. The first kappa shape index (κ1) is 16.9. The van der Waals surface area contributed by atoms with E-state index in [1.165, 1.54) is 20.4 Å². The van der Waals surface area contributed by atoms with Crippen molar-refractivity contribution >= 4 is 17.7 Å². The Morgan fingerprint density at radius 2 is 1.96 bits per heavy atom. The number of carbonyl (C=O) groups excluding carboxylic acids is 3. The maximum atomic E-state index is 11.5. The molecule has 2 atom stereocenters. The molecule has 1 aliphatic carbocycles. The molecule has 23 heavy (non-hydrogen) atoms. The Balaban J connectivity index is 1.87. The number of aromatic nitrogens is 1. The molecule has 0 spiro atoms. The summed E-state index contributed by atoms with van der Waals surface area (Å²) >= 11 is 0. The number of pyridine rings is 1. The molecule has 0 N–H and O–H groups in total. The maximum absolute atomic E-state index is 11.5. The molecule has 1 saturated carbocycles. The van der Waals surface area contributed by atoms with Crippen LogP contribution in [0.2, 0.25) is 0 Å². The summed E-state index contributed by atoms with van der Waals surface area (Å²) in [7, 11) is 2.55. The number of rotatable bonds is 6. The quantitative estimate of drug-likeness (QED) is 0.572. The zero-order chi connectivity index (χ0) is 16.8. The summed E-state index contributed by atoms with van der Waals surface area (Å²) in [6.07, 6.45) is 3.47. The second-order valence-corrected chi connectivity index (χ2v) is 5.37. The Morgan fingerprint density at radius 1 is 1.17 bits per heavy atom. The average molecular weight is 321 g/mol. The summed E-state index contributed by atoms with van der Waals surface area (Å²) in [5.74, 6) is -1.40. The van der Waals surface area contributed by atoms with E-state index >= 15 is 0 Å². The molecule has 124 valence electrons. The van der Waals surface area contributed by atoms with Crippen LogP contribution in [0.5, 0.6) is 5.88 Å². The van der Waals surface area contributed by atoms with E-state index in [1.807, 2.05) is 0 Å². The lowest BCUT2D eigenvalue weighted by molar-refractivity contribution is -0.151. The van der Waals surface area contributed by atoms with E-state index in [4.69, 9.17) is 9.47 Å². The fraction of sp³-hybridized carbons (Fsp3) is 0.500. The lowest BCUT2D eigenvalue weighted by Gasteiger charge is -2.13. The van der Waals surface area contributed by atoms with Gasteiger partial charge in [0, 0.05) is 18.7 Å². The van der Waals surface area contributed by atoms with Crippen molar-refractivity contribution in [3.63, 3.8) is 0 Å². The standard InChI is InChI=1S/C16H19NO6/c1-21-15(19)11-4-5-12(8-11)23-14-6-3-10(9-17-14)7-13(18)16(20)22-2/h3,6,9,11-12H,4-5,7-8H2,1-2H3/t11-,12-/m1/s1. The van der Waals surface area contributed by atoms with E-state index in [2.05, 4.69) is 9.72 Å². The first-order chi connectivity index (χ1) is 11.0. The first-order valence-corrected chi connectivity index (χ1v) is 7.34. The SMILES string of the molecule is COC(=O)C(=O)Cc1ccc(O[C@@H]2CC[C@@H](C(=O)OC)C2)nc1. The molecular weight excluding hydrogens is 302 g/mol. The van der Waals surface area contributed by atoms with Crippen LogP contribution in [0, 0.1) is 5.92 Å². The third-order valence-corrected chi connectivity index (χ3v) is 3.78. The summed E-state index contributed by atoms with van der Waals surface area (Å²) in [4.78, 5) is 38.1. The zero-order valence-corrected chi connectivity index (χ0v) is 13.1. The Labute approximate surface area is 133 Å². The largest absolute Gasteiger partial charge is 0.474 e. The molecule has 1 aliphatic rings. The van der Waals surface area contributed by atoms with Gasteiger partial charge in [0.05, 0.1) is 20.1 Å². The highest BCUT2D eigenvalue weighted by molar-refractivity contribution is 6.34. The van der Waals surface area contributed by atoms with Crippen LogP contribution in [-0.2, 0) is 30.3 Å². The predicted molar refractivity (Wildman–Crippen MR) is 78.7 cm³/mol. The van der Waals surface area contributed by atoms with Crippen molar-refractivity contribution in [2.75, 3.05) is 14.2 Å². The Kier molecular flexibility index (Phi) is 5.67. The fourth-order valence-electron chi connectivity index (χ4n) is 2.56. The normalized spacial score (nSPS) is 19.9. The molecule has 0 aromatic carbocycles. The van der Waals surface area contributed by atoms with Gasteiger partial charge in [-0.15, -0.1) is 0 Å². The molecular formula is C16H19NO6. The number of ether oxygens (including phenoxy) is 3. The summed E-state index contributed by atoms with van der Waals surface area (Å²) in [6.45, 7) is 0. The second kappa shape index (κ2) is 7.71. The van der Waals surface area contributed by atoms with Gasteiger partial charge in [0.2, 0.25) is 11.7 Å². The molecule has 1 heterocycles. The number of hydrogen-bond donors (Lipinski definition) is 0. The number of ketones is 1. The van der Waals surface area contributed by atoms with Gasteiger partial charge in [-0.1, -0.05) is 6.07 Å². The number of Topliss-reactive ketones (excluding diaryl/α,β-unsaturated/α-hetero) is 1. The molecule has 7 heteroatoms. The van der Waals surface area contributed by atoms with Crippen molar-refractivity contribution in [1.29, 1.82) is 0 Å². The summed E-state index contributed by atoms with van der Waals surface area (Å²) in [6, 6.07) is 3.32. The predicted octanol–water partition coefficient (Wildman–Crippen LogP) is 1.09. The van der Waals surface area contributed by atoms with Crippen molar-refractivity contribution in [3.8, 4) is 5.88 Å². The minimum atomic E-state index is -0.870. The topological polar surface area (TPSA) is 91.8 Å². The molecule has 7 nitrogen and oxygen atoms in total. The van der Waals surface area contributed by atoms with Gasteiger partial charge in [0.1, 0.15) is 6.10 Å². The number of methoxy groups -OCH3 is 2. The van der Waals surface area contributed by atoms with Crippen LogP contribution in [0.15, 0.2) is 18.3 Å². The summed E-state index contributed by atoms with van der Waals surface area (Å²) in [5, 5.41) is 0. The average Bonchev–Trinajstić information content (AvgIpc) is 3.03. The molecule has 1 aromatic heterocycles. The van der Waals surface area contributed by atoms with Gasteiger partial charge in [-0.25, -0.2) is 9.78 Å². The van der Waals surface area contributed by atoms with Crippen LogP contribution in [-0.4, -0.2) is 43.0 Å². The van der Waals surface area contributed by atoms with Crippen molar-refractivity contribution in [3.05, 3.63) is 23.9 Å². The van der Waals surface area contributed by atoms with E-state index < -0.39 is 11.8 Å². The molecule has 0 unspecified atom stereocenters. The van der Waals surface area contributed by atoms with Gasteiger partial charge < -0.3 is 14.2 Å². The van der Waals surface area contributed by atoms with Gasteiger partial charge in [0.25, 0.3) is 0 Å². The lowest BCUT2D eigenvalue weighted by atomic mass is 10.1. The van der Waals surface area contributed by atoms with Gasteiger partial charge in [-0.2, -0.15) is 0 Å². The van der Waals surface area contributed by atoms with Crippen molar-refractivity contribution < 1.29 is 28.6 Å². The van der Waals surface area contributed by atoms with Crippen LogP contribution in [0.1, 0.15) is 24.8 Å². The highest BCUT2D eigenvalue weighted by atomic mass is 16.5. The zero-order valence-electron chi connectivity index (χ0n) is 13.1. The Morgan fingerprint density at radius 3 is 2.57 bits per heavy atom. The van der Waals surface area contributed by atoms with Gasteiger partial charge in [-0.3, -0.25) is 9.59 Å². The van der Waals surface area contributed by atoms with Crippen molar-refractivity contribution in [2.45, 2.75) is 31.8 Å². The monoisotopic (exact) mass is 321 g/mol. The minimum absolute atomic E-state index is 0.0617. The molecule has 0 saturated heterocycles. The van der Waals surface area contributed by atoms with E-state index in [-0.39, 0.29) is 24.4 Å². The van der Waals surface area contributed by atoms with Crippen molar-refractivity contribution in [2.24, 2.45) is 5.92 Å². The van der Waals surface area contributed by atoms with Crippen LogP contribution in [0.4, 0.5) is 0 Å². The number of carbonyl (C=O) groups is 3. The number of nitrogens with zero attached hydrogens (tertiary/aromatic N) is 1. The molecule has 0 aliphatic heterocycles. The molecule has 0 radical (unpaired) electrons. The van der Waals surface area contributed by atoms with Crippen molar-refractivity contribution in [1.82, 2.24) is 4.98 Å². The van der Waals surface area contributed by atoms with E-state index in [9.17, 15) is 14.4 Å². The molecule has 0 bridgehead atoms. The molecule has 2 rings (SSSR count). The van der Waals surface area contributed by atoms with Gasteiger partial charge in [0.15, 0.2) is 0 Å². The lowest BCUT2D eigenvalue weighted by Crippen LogP contribution is -2.18. The molecule has 1 aromatic rings. The molecule has 0 amide bonds. The van der Waals surface area contributed by atoms with Crippen LogP contribution in [0.25, 0.3) is 0 Å². The van der Waals surface area contributed by atoms with Gasteiger partial charge >= 0.3 is 11.9 Å². The summed E-state index contributed by atoms with van der Waals surface area (Å²) < 4.78 is 14.8. The maximum Gasteiger partial charge on any atom is 0.374 e. The van der Waals surface area contributed by atoms with E-state index in [0.717, 1.165) is 12.8 Å². The Hall–Kier alpha value is -2.44. The Bertz CT molecular complexity index is 583. The fourth-order valence-corrected chi connectivity index (χ4v) is 2.56. The number of esters is 2. The minimum Gasteiger partial charge on any atom is -0.474 e. The van der Waals surface area contributed by atoms with Crippen LogP contribution in [0.3, 0.4) is 0 Å². The van der Waals surface area contributed by atoms with Gasteiger partial charge in [-0.05, 0) is 24.8 Å². The van der Waals surface area contributed by atoms with Crippen LogP contribution >= 0.6 is 0 Å². The number of hydrogen-bond acceptors (Lipinski definition) is 7. The highest BCUT2D eigenvalue weighted by Gasteiger charge is 2.32. The van der Waals surface area contributed by atoms with E-state index in [1.54, 1.807) is 12.1 Å². The van der Waals surface area contributed by atoms with E-state index in [0.29, 0.717) is 17.9 Å².